The van der Waals surface area contributed by atoms with Gasteiger partial charge in [0.2, 0.25) is 5.88 Å². The van der Waals surface area contributed by atoms with E-state index in [2.05, 4.69) is 22.3 Å². The molecule has 0 aliphatic heterocycles. The molecule has 5 heteroatoms. The largest absolute Gasteiger partial charge is 0.476 e. The molecule has 1 saturated carbocycles. The van der Waals surface area contributed by atoms with E-state index >= 15 is 0 Å². The standard InChI is InChI=1S/C22H22N4O/c1-3-9-16(10-4-1)15-27-22-19-14-8-7-13-18(19)21-24-23-20(26(21)25-22)17-11-5-2-6-12-17/h2,5-8,11-14,16H,1,3-4,9-10,15H2. The normalized spacial score (nSPS) is 15.4. The molecule has 1 aliphatic rings. The Balaban J connectivity index is 1.60. The smallest absolute Gasteiger partial charge is 0.239 e. The molecule has 2 heterocycles. The number of nitrogens with zero attached hydrogens (tertiary/aromatic N) is 4. The van der Waals surface area contributed by atoms with Crippen LogP contribution in [0.25, 0.3) is 27.8 Å². The van der Waals surface area contributed by atoms with Gasteiger partial charge >= 0.3 is 0 Å². The van der Waals surface area contributed by atoms with Gasteiger partial charge in [0.1, 0.15) is 0 Å². The van der Waals surface area contributed by atoms with Gasteiger partial charge in [-0.05, 0) is 24.8 Å². The highest BCUT2D eigenvalue weighted by atomic mass is 16.5. The quantitative estimate of drug-likeness (QED) is 0.520. The second kappa shape index (κ2) is 6.99. The summed E-state index contributed by atoms with van der Waals surface area (Å²) >= 11 is 0. The first-order chi connectivity index (χ1) is 13.4. The minimum Gasteiger partial charge on any atom is -0.476 e. The highest BCUT2D eigenvalue weighted by Crippen LogP contribution is 2.30. The molecule has 0 N–H and O–H groups in total. The van der Waals surface area contributed by atoms with Gasteiger partial charge in [-0.2, -0.15) is 4.52 Å². The predicted octanol–water partition coefficient (Wildman–Crippen LogP) is 4.90. The molecule has 0 spiro atoms. The van der Waals surface area contributed by atoms with Crippen LogP contribution < -0.4 is 4.74 Å². The van der Waals surface area contributed by atoms with Crippen molar-refractivity contribution in [2.24, 2.45) is 5.92 Å². The molecule has 0 saturated heterocycles. The molecule has 2 aromatic heterocycles. The Morgan fingerprint density at radius 3 is 2.41 bits per heavy atom. The highest BCUT2D eigenvalue weighted by Gasteiger charge is 2.18. The van der Waals surface area contributed by atoms with Gasteiger partial charge in [-0.15, -0.1) is 15.3 Å². The van der Waals surface area contributed by atoms with E-state index in [-0.39, 0.29) is 0 Å². The minimum atomic E-state index is 0.629. The molecule has 27 heavy (non-hydrogen) atoms. The van der Waals surface area contributed by atoms with Crippen molar-refractivity contribution in [3.63, 3.8) is 0 Å². The topological polar surface area (TPSA) is 52.3 Å². The van der Waals surface area contributed by atoms with Crippen molar-refractivity contribution in [2.75, 3.05) is 6.61 Å². The monoisotopic (exact) mass is 358 g/mol. The van der Waals surface area contributed by atoms with Crippen LogP contribution in [0.1, 0.15) is 32.1 Å². The van der Waals surface area contributed by atoms with Gasteiger partial charge in [-0.1, -0.05) is 67.8 Å². The van der Waals surface area contributed by atoms with Crippen LogP contribution in [0.5, 0.6) is 5.88 Å². The summed E-state index contributed by atoms with van der Waals surface area (Å²) in [5.41, 5.74) is 1.75. The van der Waals surface area contributed by atoms with Gasteiger partial charge in [0, 0.05) is 16.3 Å². The average Bonchev–Trinajstić information content (AvgIpc) is 3.17. The highest BCUT2D eigenvalue weighted by molar-refractivity contribution is 5.97. The van der Waals surface area contributed by atoms with Gasteiger partial charge in [-0.3, -0.25) is 0 Å². The number of hydrogen-bond acceptors (Lipinski definition) is 4. The lowest BCUT2D eigenvalue weighted by atomic mass is 9.90. The molecule has 0 radical (unpaired) electrons. The lowest BCUT2D eigenvalue weighted by Gasteiger charge is -2.21. The first-order valence-electron chi connectivity index (χ1n) is 9.72. The Morgan fingerprint density at radius 1 is 0.852 bits per heavy atom. The zero-order valence-electron chi connectivity index (χ0n) is 15.2. The van der Waals surface area contributed by atoms with Crippen LogP contribution in [-0.2, 0) is 0 Å². The second-order valence-electron chi connectivity index (χ2n) is 7.29. The third kappa shape index (κ3) is 3.03. The van der Waals surface area contributed by atoms with Crippen LogP contribution in [0.3, 0.4) is 0 Å². The zero-order chi connectivity index (χ0) is 18.1. The molecule has 0 bridgehead atoms. The van der Waals surface area contributed by atoms with Crippen molar-refractivity contribution in [1.29, 1.82) is 0 Å². The van der Waals surface area contributed by atoms with Gasteiger partial charge in [-0.25, -0.2) is 0 Å². The molecule has 1 fully saturated rings. The Labute approximate surface area is 158 Å². The van der Waals surface area contributed by atoms with Crippen LogP contribution in [0.4, 0.5) is 0 Å². The van der Waals surface area contributed by atoms with Crippen LogP contribution in [0.2, 0.25) is 0 Å². The third-order valence-corrected chi connectivity index (χ3v) is 5.44. The molecule has 4 aromatic rings. The van der Waals surface area contributed by atoms with E-state index in [1.807, 2.05) is 47.0 Å². The molecule has 5 rings (SSSR count). The molecule has 1 aliphatic carbocycles. The SMILES string of the molecule is c1ccc(-c2nnc3c4ccccc4c(OCC4CCCCC4)nn23)cc1. The number of rotatable bonds is 4. The van der Waals surface area contributed by atoms with Gasteiger partial charge in [0.25, 0.3) is 0 Å². The summed E-state index contributed by atoms with van der Waals surface area (Å²) in [6.07, 6.45) is 6.48. The lowest BCUT2D eigenvalue weighted by Crippen LogP contribution is -2.16. The molecule has 0 atom stereocenters. The molecule has 136 valence electrons. The minimum absolute atomic E-state index is 0.629. The Kier molecular flexibility index (Phi) is 4.20. The molecule has 2 aromatic carbocycles. The van der Waals surface area contributed by atoms with Crippen LogP contribution in [0.15, 0.2) is 54.6 Å². The Morgan fingerprint density at radius 2 is 1.59 bits per heavy atom. The van der Waals surface area contributed by atoms with Gasteiger partial charge < -0.3 is 4.74 Å². The summed E-state index contributed by atoms with van der Waals surface area (Å²) in [7, 11) is 0. The summed E-state index contributed by atoms with van der Waals surface area (Å²) in [4.78, 5) is 0. The maximum atomic E-state index is 6.24. The van der Waals surface area contributed by atoms with Gasteiger partial charge in [0.15, 0.2) is 11.5 Å². The number of ether oxygens (including phenoxy) is 1. The molecule has 0 unspecified atom stereocenters. The van der Waals surface area contributed by atoms with E-state index in [1.165, 1.54) is 32.1 Å². The summed E-state index contributed by atoms with van der Waals surface area (Å²) in [6.45, 7) is 0.727. The number of benzene rings is 2. The van der Waals surface area contributed by atoms with Crippen molar-refractivity contribution in [2.45, 2.75) is 32.1 Å². The first kappa shape index (κ1) is 16.2. The fourth-order valence-electron chi connectivity index (χ4n) is 3.98. The van der Waals surface area contributed by atoms with E-state index < -0.39 is 0 Å². The molecular formula is C22H22N4O. The molecular weight excluding hydrogens is 336 g/mol. The van der Waals surface area contributed by atoms with E-state index in [0.717, 1.165) is 34.4 Å². The average molecular weight is 358 g/mol. The fraction of sp³-hybridized carbons (Fsp3) is 0.318. The van der Waals surface area contributed by atoms with Crippen molar-refractivity contribution in [3.8, 4) is 17.3 Å². The first-order valence-corrected chi connectivity index (χ1v) is 9.72. The Hall–Kier alpha value is -2.95. The van der Waals surface area contributed by atoms with Crippen LogP contribution in [-0.4, -0.2) is 26.4 Å². The summed E-state index contributed by atoms with van der Waals surface area (Å²) in [5, 5.41) is 15.6. The fourth-order valence-corrected chi connectivity index (χ4v) is 3.98. The Bertz CT molecular complexity index is 1070. The maximum absolute atomic E-state index is 6.24. The zero-order valence-corrected chi connectivity index (χ0v) is 15.2. The summed E-state index contributed by atoms with van der Waals surface area (Å²) < 4.78 is 8.05. The summed E-state index contributed by atoms with van der Waals surface area (Å²) in [5.74, 6) is 2.03. The van der Waals surface area contributed by atoms with Crippen molar-refractivity contribution in [3.05, 3.63) is 54.6 Å². The molecule has 0 amide bonds. The van der Waals surface area contributed by atoms with Crippen LogP contribution >= 0.6 is 0 Å². The third-order valence-electron chi connectivity index (χ3n) is 5.44. The van der Waals surface area contributed by atoms with Gasteiger partial charge in [0.05, 0.1) is 6.61 Å². The number of hydrogen-bond donors (Lipinski definition) is 0. The lowest BCUT2D eigenvalue weighted by molar-refractivity contribution is 0.203. The number of fused-ring (bicyclic) bond motifs is 3. The second-order valence-corrected chi connectivity index (χ2v) is 7.29. The molecule has 5 nitrogen and oxygen atoms in total. The van der Waals surface area contributed by atoms with Crippen LogP contribution in [0, 0.1) is 5.92 Å². The van der Waals surface area contributed by atoms with Crippen molar-refractivity contribution >= 4 is 16.4 Å². The van der Waals surface area contributed by atoms with E-state index in [9.17, 15) is 0 Å². The number of aromatic nitrogens is 4. The van der Waals surface area contributed by atoms with Crippen molar-refractivity contribution < 1.29 is 4.74 Å². The summed E-state index contributed by atoms with van der Waals surface area (Å²) in [6, 6.07) is 18.2. The van der Waals surface area contributed by atoms with E-state index in [1.54, 1.807) is 0 Å². The predicted molar refractivity (Wildman–Crippen MR) is 106 cm³/mol. The van der Waals surface area contributed by atoms with E-state index in [0.29, 0.717) is 11.8 Å². The van der Waals surface area contributed by atoms with E-state index in [4.69, 9.17) is 9.84 Å². The maximum Gasteiger partial charge on any atom is 0.239 e. The van der Waals surface area contributed by atoms with Crippen molar-refractivity contribution in [1.82, 2.24) is 19.8 Å².